The number of nitrogens with zero attached hydrogens (tertiary/aromatic N) is 1. The fraction of sp³-hybridized carbons (Fsp3) is 0.455. The Hall–Kier alpha value is -1.63. The largest absolute Gasteiger partial charge is 0.478 e. The number of carbonyl (C=O) groups is 1. The molecule has 0 fully saturated rings. The molecule has 0 bridgehead atoms. The van der Waals surface area contributed by atoms with Crippen LogP contribution in [0.3, 0.4) is 0 Å². The molecule has 1 aromatic heterocycles. The van der Waals surface area contributed by atoms with Gasteiger partial charge < -0.3 is 5.11 Å². The van der Waals surface area contributed by atoms with Gasteiger partial charge in [-0.1, -0.05) is 13.8 Å². The standard InChI is InChI=1S/C11H16N2O4S/c1-8(2)5-6-18(16,17)13-10-4-3-9(7-12-10)11(14)15/h3-4,7-8H,5-6H2,1-2H3,(H,12,13)(H,14,15). The predicted octanol–water partition coefficient (Wildman–Crippen LogP) is 1.57. The van der Waals surface area contributed by atoms with Crippen molar-refractivity contribution < 1.29 is 18.3 Å². The molecule has 0 amide bonds. The smallest absolute Gasteiger partial charge is 0.337 e. The zero-order chi connectivity index (χ0) is 13.8. The number of hydrogen-bond acceptors (Lipinski definition) is 4. The van der Waals surface area contributed by atoms with Gasteiger partial charge >= 0.3 is 5.97 Å². The van der Waals surface area contributed by atoms with E-state index in [4.69, 9.17) is 5.11 Å². The maximum absolute atomic E-state index is 11.7. The van der Waals surface area contributed by atoms with Crippen molar-refractivity contribution in [1.29, 1.82) is 0 Å². The molecule has 0 atom stereocenters. The van der Waals surface area contributed by atoms with E-state index in [2.05, 4.69) is 9.71 Å². The van der Waals surface area contributed by atoms with E-state index in [1.165, 1.54) is 12.1 Å². The van der Waals surface area contributed by atoms with Crippen LogP contribution < -0.4 is 4.72 Å². The average Bonchev–Trinajstić information content (AvgIpc) is 2.27. The average molecular weight is 272 g/mol. The zero-order valence-corrected chi connectivity index (χ0v) is 11.1. The summed E-state index contributed by atoms with van der Waals surface area (Å²) in [6.45, 7) is 3.88. The Bertz CT molecular complexity index is 508. The van der Waals surface area contributed by atoms with Gasteiger partial charge in [0.05, 0.1) is 11.3 Å². The van der Waals surface area contributed by atoms with Crippen LogP contribution in [0.5, 0.6) is 0 Å². The minimum Gasteiger partial charge on any atom is -0.478 e. The molecular formula is C11H16N2O4S. The van der Waals surface area contributed by atoms with Gasteiger partial charge in [0.25, 0.3) is 0 Å². The topological polar surface area (TPSA) is 96.4 Å². The Kier molecular flexibility index (Phi) is 4.66. The monoisotopic (exact) mass is 272 g/mol. The van der Waals surface area contributed by atoms with E-state index in [1.807, 2.05) is 13.8 Å². The molecule has 100 valence electrons. The molecular weight excluding hydrogens is 256 g/mol. The zero-order valence-electron chi connectivity index (χ0n) is 10.3. The summed E-state index contributed by atoms with van der Waals surface area (Å²) in [6.07, 6.45) is 1.67. The molecule has 2 N–H and O–H groups in total. The fourth-order valence-electron chi connectivity index (χ4n) is 1.18. The molecule has 1 aromatic rings. The third-order valence-electron chi connectivity index (χ3n) is 2.23. The van der Waals surface area contributed by atoms with Crippen molar-refractivity contribution >= 4 is 21.8 Å². The number of hydrogen-bond donors (Lipinski definition) is 2. The Morgan fingerprint density at radius 1 is 1.44 bits per heavy atom. The number of sulfonamides is 1. The summed E-state index contributed by atoms with van der Waals surface area (Å²) in [5, 5.41) is 8.67. The van der Waals surface area contributed by atoms with Crippen LogP contribution in [0.15, 0.2) is 18.3 Å². The molecule has 0 aliphatic carbocycles. The van der Waals surface area contributed by atoms with E-state index in [0.29, 0.717) is 12.3 Å². The number of pyridine rings is 1. The summed E-state index contributed by atoms with van der Waals surface area (Å²) < 4.78 is 25.6. The van der Waals surface area contributed by atoms with E-state index in [-0.39, 0.29) is 17.1 Å². The number of aromatic nitrogens is 1. The first-order valence-electron chi connectivity index (χ1n) is 5.50. The number of anilines is 1. The lowest BCUT2D eigenvalue weighted by atomic mass is 10.2. The second kappa shape index (κ2) is 5.81. The first-order chi connectivity index (χ1) is 8.30. The maximum Gasteiger partial charge on any atom is 0.337 e. The SMILES string of the molecule is CC(C)CCS(=O)(=O)Nc1ccc(C(=O)O)cn1. The second-order valence-electron chi connectivity index (χ2n) is 4.34. The van der Waals surface area contributed by atoms with Crippen molar-refractivity contribution in [2.24, 2.45) is 5.92 Å². The minimum absolute atomic E-state index is 0.0140. The molecule has 0 radical (unpaired) electrons. The molecule has 0 aliphatic rings. The van der Waals surface area contributed by atoms with Crippen molar-refractivity contribution in [2.75, 3.05) is 10.5 Å². The summed E-state index contributed by atoms with van der Waals surface area (Å²) >= 11 is 0. The lowest BCUT2D eigenvalue weighted by Crippen LogP contribution is -2.18. The minimum atomic E-state index is -3.42. The lowest BCUT2D eigenvalue weighted by molar-refractivity contribution is 0.0696. The molecule has 6 nitrogen and oxygen atoms in total. The first-order valence-corrected chi connectivity index (χ1v) is 7.15. The van der Waals surface area contributed by atoms with Gasteiger partial charge in [0.1, 0.15) is 5.82 Å². The maximum atomic E-state index is 11.7. The summed E-state index contributed by atoms with van der Waals surface area (Å²) in [7, 11) is -3.42. The van der Waals surface area contributed by atoms with Crippen LogP contribution in [0, 0.1) is 5.92 Å². The van der Waals surface area contributed by atoms with E-state index in [1.54, 1.807) is 0 Å². The van der Waals surface area contributed by atoms with Gasteiger partial charge in [-0.05, 0) is 24.5 Å². The molecule has 0 aromatic carbocycles. The van der Waals surface area contributed by atoms with E-state index in [9.17, 15) is 13.2 Å². The Labute approximate surface area is 106 Å². The van der Waals surface area contributed by atoms with Gasteiger partial charge in [-0.2, -0.15) is 0 Å². The van der Waals surface area contributed by atoms with Gasteiger partial charge in [-0.15, -0.1) is 0 Å². The molecule has 0 aliphatic heterocycles. The van der Waals surface area contributed by atoms with Crippen molar-refractivity contribution in [3.8, 4) is 0 Å². The van der Waals surface area contributed by atoms with Gasteiger partial charge in [-0.25, -0.2) is 18.2 Å². The third-order valence-corrected chi connectivity index (χ3v) is 3.53. The number of carboxylic acids is 1. The van der Waals surface area contributed by atoms with Crippen LogP contribution in [-0.4, -0.2) is 30.2 Å². The third kappa shape index (κ3) is 4.70. The summed E-state index contributed by atoms with van der Waals surface area (Å²) in [5.74, 6) is -0.656. The van der Waals surface area contributed by atoms with Crippen molar-refractivity contribution in [1.82, 2.24) is 4.98 Å². The summed E-state index contributed by atoms with van der Waals surface area (Å²) in [6, 6.07) is 2.63. The van der Waals surface area contributed by atoms with E-state index in [0.717, 1.165) is 6.20 Å². The Balaban J connectivity index is 2.69. The van der Waals surface area contributed by atoms with Gasteiger partial charge in [0, 0.05) is 6.20 Å². The molecule has 1 rings (SSSR count). The first kappa shape index (κ1) is 14.4. The summed E-state index contributed by atoms with van der Waals surface area (Å²) in [4.78, 5) is 14.3. The molecule has 0 saturated heterocycles. The van der Waals surface area contributed by atoms with Crippen molar-refractivity contribution in [3.63, 3.8) is 0 Å². The van der Waals surface area contributed by atoms with E-state index >= 15 is 0 Å². The highest BCUT2D eigenvalue weighted by Crippen LogP contribution is 2.09. The number of carboxylic acid groups (broad SMARTS) is 1. The van der Waals surface area contributed by atoms with Crippen molar-refractivity contribution in [3.05, 3.63) is 23.9 Å². The highest BCUT2D eigenvalue weighted by atomic mass is 32.2. The highest BCUT2D eigenvalue weighted by molar-refractivity contribution is 7.92. The van der Waals surface area contributed by atoms with E-state index < -0.39 is 16.0 Å². The quantitative estimate of drug-likeness (QED) is 0.819. The number of aromatic carboxylic acids is 1. The van der Waals surface area contributed by atoms with Crippen LogP contribution in [0.1, 0.15) is 30.6 Å². The van der Waals surface area contributed by atoms with Crippen LogP contribution in [0.4, 0.5) is 5.82 Å². The predicted molar refractivity (Wildman–Crippen MR) is 68.1 cm³/mol. The lowest BCUT2D eigenvalue weighted by Gasteiger charge is -2.08. The number of rotatable bonds is 6. The highest BCUT2D eigenvalue weighted by Gasteiger charge is 2.12. The molecule has 0 saturated carbocycles. The Morgan fingerprint density at radius 2 is 2.11 bits per heavy atom. The normalized spacial score (nSPS) is 11.5. The van der Waals surface area contributed by atoms with Gasteiger partial charge in [0.15, 0.2) is 0 Å². The Morgan fingerprint density at radius 3 is 2.56 bits per heavy atom. The van der Waals surface area contributed by atoms with Gasteiger partial charge in [0.2, 0.25) is 10.0 Å². The fourth-order valence-corrected chi connectivity index (χ4v) is 2.51. The number of nitrogens with one attached hydrogen (secondary N) is 1. The van der Waals surface area contributed by atoms with Crippen LogP contribution in [0.25, 0.3) is 0 Å². The second-order valence-corrected chi connectivity index (χ2v) is 6.18. The van der Waals surface area contributed by atoms with Crippen LogP contribution in [-0.2, 0) is 10.0 Å². The summed E-state index contributed by atoms with van der Waals surface area (Å²) in [5.41, 5.74) is 0.0140. The molecule has 7 heteroatoms. The molecule has 0 unspecified atom stereocenters. The molecule has 18 heavy (non-hydrogen) atoms. The van der Waals surface area contributed by atoms with Crippen LogP contribution >= 0.6 is 0 Å². The van der Waals surface area contributed by atoms with Crippen LogP contribution in [0.2, 0.25) is 0 Å². The van der Waals surface area contributed by atoms with Crippen molar-refractivity contribution in [2.45, 2.75) is 20.3 Å². The molecule has 0 spiro atoms. The molecule has 1 heterocycles. The van der Waals surface area contributed by atoms with Gasteiger partial charge in [-0.3, -0.25) is 4.72 Å².